The van der Waals surface area contributed by atoms with Crippen LogP contribution in [0.3, 0.4) is 0 Å². The molecule has 0 aliphatic heterocycles. The van der Waals surface area contributed by atoms with Gasteiger partial charge in [0, 0.05) is 6.42 Å². The summed E-state index contributed by atoms with van der Waals surface area (Å²) in [5.41, 5.74) is 5.62. The van der Waals surface area contributed by atoms with E-state index in [9.17, 15) is 4.79 Å². The second kappa shape index (κ2) is 7.69. The minimum absolute atomic E-state index is 0.111. The van der Waals surface area contributed by atoms with E-state index in [0.717, 1.165) is 6.42 Å². The topological polar surface area (TPSA) is 52.3 Å². The van der Waals surface area contributed by atoms with Gasteiger partial charge in [-0.15, -0.1) is 0 Å². The zero-order chi connectivity index (χ0) is 11.8. The smallest absolute Gasteiger partial charge is 0.306 e. The van der Waals surface area contributed by atoms with Gasteiger partial charge in [0.05, 0.1) is 6.61 Å². The summed E-state index contributed by atoms with van der Waals surface area (Å²) in [6.45, 7) is 9.42. The van der Waals surface area contributed by atoms with Crippen molar-refractivity contribution in [3.8, 4) is 0 Å². The van der Waals surface area contributed by atoms with Gasteiger partial charge < -0.3 is 10.5 Å². The summed E-state index contributed by atoms with van der Waals surface area (Å²) >= 11 is 0. The molecule has 90 valence electrons. The van der Waals surface area contributed by atoms with E-state index < -0.39 is 0 Å². The molecule has 0 bridgehead atoms. The van der Waals surface area contributed by atoms with Crippen LogP contribution in [0.25, 0.3) is 0 Å². The summed E-state index contributed by atoms with van der Waals surface area (Å²) < 4.78 is 5.12. The average molecular weight is 215 g/mol. The number of ether oxygens (including phenoxy) is 1. The van der Waals surface area contributed by atoms with Crippen LogP contribution in [0.1, 0.15) is 40.5 Å². The van der Waals surface area contributed by atoms with Crippen molar-refractivity contribution in [2.45, 2.75) is 40.5 Å². The Morgan fingerprint density at radius 3 is 2.20 bits per heavy atom. The van der Waals surface area contributed by atoms with Gasteiger partial charge in [-0.1, -0.05) is 27.7 Å². The summed E-state index contributed by atoms with van der Waals surface area (Å²) in [4.78, 5) is 11.4. The Hall–Kier alpha value is -0.570. The second-order valence-electron chi connectivity index (χ2n) is 5.01. The molecule has 1 atom stereocenters. The van der Waals surface area contributed by atoms with E-state index in [1.807, 2.05) is 13.8 Å². The minimum atomic E-state index is -0.111. The van der Waals surface area contributed by atoms with Crippen molar-refractivity contribution in [3.05, 3.63) is 0 Å². The fraction of sp³-hybridized carbons (Fsp3) is 0.917. The van der Waals surface area contributed by atoms with Gasteiger partial charge in [0.25, 0.3) is 0 Å². The third-order valence-electron chi connectivity index (χ3n) is 2.17. The fourth-order valence-corrected chi connectivity index (χ4v) is 1.48. The van der Waals surface area contributed by atoms with Gasteiger partial charge in [-0.3, -0.25) is 4.79 Å². The fourth-order valence-electron chi connectivity index (χ4n) is 1.48. The van der Waals surface area contributed by atoms with Crippen molar-refractivity contribution in [1.82, 2.24) is 0 Å². The van der Waals surface area contributed by atoms with Gasteiger partial charge >= 0.3 is 5.97 Å². The monoisotopic (exact) mass is 215 g/mol. The Labute approximate surface area is 93.4 Å². The van der Waals surface area contributed by atoms with Crippen LogP contribution in [0.4, 0.5) is 0 Å². The number of hydrogen-bond acceptors (Lipinski definition) is 3. The maximum absolute atomic E-state index is 11.4. The lowest BCUT2D eigenvalue weighted by atomic mass is 9.94. The molecule has 1 unspecified atom stereocenters. The largest absolute Gasteiger partial charge is 0.465 e. The molecule has 15 heavy (non-hydrogen) atoms. The lowest BCUT2D eigenvalue weighted by Crippen LogP contribution is -2.22. The Kier molecular flexibility index (Phi) is 7.39. The van der Waals surface area contributed by atoms with Gasteiger partial charge in [0.15, 0.2) is 0 Å². The van der Waals surface area contributed by atoms with Crippen LogP contribution in [0, 0.1) is 17.8 Å². The number of carbonyl (C=O) groups is 1. The number of esters is 1. The van der Waals surface area contributed by atoms with Crippen LogP contribution in [0.15, 0.2) is 0 Å². The van der Waals surface area contributed by atoms with E-state index in [1.54, 1.807) is 0 Å². The summed E-state index contributed by atoms with van der Waals surface area (Å²) in [7, 11) is 0. The lowest BCUT2D eigenvalue weighted by Gasteiger charge is -2.16. The highest BCUT2D eigenvalue weighted by Crippen LogP contribution is 2.14. The maximum Gasteiger partial charge on any atom is 0.306 e. The predicted octanol–water partition coefficient (Wildman–Crippen LogP) is 2.20. The molecule has 0 aliphatic rings. The van der Waals surface area contributed by atoms with Gasteiger partial charge in [-0.05, 0) is 30.7 Å². The molecule has 0 fully saturated rings. The van der Waals surface area contributed by atoms with Crippen LogP contribution in [0.5, 0.6) is 0 Å². The molecule has 3 nitrogen and oxygen atoms in total. The van der Waals surface area contributed by atoms with Gasteiger partial charge in [-0.25, -0.2) is 0 Å². The molecule has 0 radical (unpaired) electrons. The van der Waals surface area contributed by atoms with Crippen LogP contribution >= 0.6 is 0 Å². The molecule has 3 heteroatoms. The molecule has 0 aromatic heterocycles. The van der Waals surface area contributed by atoms with Crippen LogP contribution < -0.4 is 5.73 Å². The predicted molar refractivity (Wildman–Crippen MR) is 62.4 cm³/mol. The van der Waals surface area contributed by atoms with E-state index in [-0.39, 0.29) is 11.9 Å². The summed E-state index contributed by atoms with van der Waals surface area (Å²) in [5, 5.41) is 0. The zero-order valence-corrected chi connectivity index (χ0v) is 10.5. The lowest BCUT2D eigenvalue weighted by molar-refractivity contribution is -0.145. The highest BCUT2D eigenvalue weighted by atomic mass is 16.5. The Morgan fingerprint density at radius 1 is 1.20 bits per heavy atom. The van der Waals surface area contributed by atoms with E-state index >= 15 is 0 Å². The first-order valence-electron chi connectivity index (χ1n) is 5.81. The van der Waals surface area contributed by atoms with Crippen molar-refractivity contribution in [2.24, 2.45) is 23.5 Å². The SMILES string of the molecule is CC(C)COC(=O)CC(CN)CC(C)C. The Morgan fingerprint density at radius 2 is 1.80 bits per heavy atom. The van der Waals surface area contributed by atoms with E-state index in [2.05, 4.69) is 13.8 Å². The highest BCUT2D eigenvalue weighted by molar-refractivity contribution is 5.69. The molecule has 0 saturated heterocycles. The quantitative estimate of drug-likeness (QED) is 0.662. The van der Waals surface area contributed by atoms with Crippen LogP contribution in [-0.2, 0) is 9.53 Å². The number of hydrogen-bond donors (Lipinski definition) is 1. The molecule has 2 N–H and O–H groups in total. The number of rotatable bonds is 7. The molecular formula is C12H25NO2. The molecule has 0 aromatic rings. The normalized spacial score (nSPS) is 13.3. The number of carbonyl (C=O) groups excluding carboxylic acids is 1. The second-order valence-corrected chi connectivity index (χ2v) is 5.01. The first kappa shape index (κ1) is 14.4. The van der Waals surface area contributed by atoms with Crippen molar-refractivity contribution in [3.63, 3.8) is 0 Å². The molecular weight excluding hydrogens is 190 g/mol. The Balaban J connectivity index is 3.80. The maximum atomic E-state index is 11.4. The first-order chi connectivity index (χ1) is 6.95. The minimum Gasteiger partial charge on any atom is -0.465 e. The molecule has 0 amide bonds. The van der Waals surface area contributed by atoms with Crippen molar-refractivity contribution in [2.75, 3.05) is 13.2 Å². The highest BCUT2D eigenvalue weighted by Gasteiger charge is 2.15. The van der Waals surface area contributed by atoms with Gasteiger partial charge in [0.1, 0.15) is 0 Å². The third-order valence-corrected chi connectivity index (χ3v) is 2.17. The molecule has 0 heterocycles. The van der Waals surface area contributed by atoms with E-state index in [1.165, 1.54) is 0 Å². The Bertz CT molecular complexity index is 178. The molecule has 0 saturated carbocycles. The summed E-state index contributed by atoms with van der Waals surface area (Å²) in [6.07, 6.45) is 1.45. The standard InChI is InChI=1S/C12H25NO2/c1-9(2)5-11(7-13)6-12(14)15-8-10(3)4/h9-11H,5-8,13H2,1-4H3. The van der Waals surface area contributed by atoms with Crippen molar-refractivity contribution in [1.29, 1.82) is 0 Å². The molecule has 0 rings (SSSR count). The first-order valence-corrected chi connectivity index (χ1v) is 5.81. The zero-order valence-electron chi connectivity index (χ0n) is 10.5. The van der Waals surface area contributed by atoms with Gasteiger partial charge in [-0.2, -0.15) is 0 Å². The van der Waals surface area contributed by atoms with E-state index in [4.69, 9.17) is 10.5 Å². The molecule has 0 aromatic carbocycles. The van der Waals surface area contributed by atoms with Crippen molar-refractivity contribution >= 4 is 5.97 Å². The van der Waals surface area contributed by atoms with Crippen LogP contribution in [-0.4, -0.2) is 19.1 Å². The molecule has 0 spiro atoms. The average Bonchev–Trinajstić information content (AvgIpc) is 2.13. The van der Waals surface area contributed by atoms with Crippen molar-refractivity contribution < 1.29 is 9.53 Å². The molecule has 0 aliphatic carbocycles. The summed E-state index contributed by atoms with van der Waals surface area (Å²) in [6, 6.07) is 0. The van der Waals surface area contributed by atoms with Gasteiger partial charge in [0.2, 0.25) is 0 Å². The van der Waals surface area contributed by atoms with E-state index in [0.29, 0.717) is 31.4 Å². The summed E-state index contributed by atoms with van der Waals surface area (Å²) in [5.74, 6) is 1.14. The third kappa shape index (κ3) is 8.43. The number of nitrogens with two attached hydrogens (primary N) is 1. The van der Waals surface area contributed by atoms with Crippen LogP contribution in [0.2, 0.25) is 0 Å².